The highest BCUT2D eigenvalue weighted by Gasteiger charge is 2.22. The zero-order valence-corrected chi connectivity index (χ0v) is 29.8. The first-order valence-corrected chi connectivity index (χ1v) is 20.2. The highest BCUT2D eigenvalue weighted by molar-refractivity contribution is 7.92. The number of aryl methyl sites for hydroxylation is 1. The molecule has 6 rings (SSSR count). The molecule has 3 heterocycles. The SMILES string of the molecule is CCc1nc(-c2ccc(F)c(NS(=O)(=O)c3ccccc3)c2)c(-c2ccnc(Nc3ccc(N4CCN(CCS(C)(=O)=O)CC4)c(F)c3)n2)s1. The molecular formula is C34H35F2N7O4S3. The van der Waals surface area contributed by atoms with Crippen molar-refractivity contribution in [3.63, 3.8) is 0 Å². The average molecular weight is 740 g/mol. The van der Waals surface area contributed by atoms with Crippen LogP contribution in [-0.2, 0) is 26.3 Å². The van der Waals surface area contributed by atoms with Crippen LogP contribution in [0.25, 0.3) is 21.8 Å². The lowest BCUT2D eigenvalue weighted by atomic mass is 10.1. The first-order chi connectivity index (χ1) is 23.9. The van der Waals surface area contributed by atoms with Crippen LogP contribution in [-0.4, -0.2) is 81.4 Å². The molecule has 0 aliphatic carbocycles. The largest absolute Gasteiger partial charge is 0.367 e. The van der Waals surface area contributed by atoms with Crippen molar-refractivity contribution in [1.82, 2.24) is 19.9 Å². The molecule has 0 unspecified atom stereocenters. The van der Waals surface area contributed by atoms with E-state index in [4.69, 9.17) is 4.98 Å². The second kappa shape index (κ2) is 14.8. The van der Waals surface area contributed by atoms with Crippen molar-refractivity contribution in [2.45, 2.75) is 18.2 Å². The van der Waals surface area contributed by atoms with Crippen molar-refractivity contribution < 1.29 is 25.6 Å². The fraction of sp³-hybridized carbons (Fsp3) is 0.265. The third-order valence-corrected chi connectivity index (χ3v) is 11.6. The first-order valence-electron chi connectivity index (χ1n) is 15.8. The van der Waals surface area contributed by atoms with Gasteiger partial charge in [0, 0.05) is 56.4 Å². The molecule has 0 amide bonds. The minimum Gasteiger partial charge on any atom is -0.367 e. The van der Waals surface area contributed by atoms with E-state index in [2.05, 4.69) is 24.9 Å². The monoisotopic (exact) mass is 739 g/mol. The van der Waals surface area contributed by atoms with Crippen molar-refractivity contribution >= 4 is 54.2 Å². The Bertz CT molecular complexity index is 2210. The minimum atomic E-state index is -4.04. The average Bonchev–Trinajstić information content (AvgIpc) is 3.54. The molecule has 11 nitrogen and oxygen atoms in total. The van der Waals surface area contributed by atoms with Gasteiger partial charge in [-0.3, -0.25) is 9.62 Å². The molecule has 0 saturated carbocycles. The van der Waals surface area contributed by atoms with E-state index >= 15 is 4.39 Å². The molecule has 50 heavy (non-hydrogen) atoms. The van der Waals surface area contributed by atoms with Gasteiger partial charge in [-0.25, -0.2) is 40.6 Å². The smallest absolute Gasteiger partial charge is 0.261 e. The lowest BCUT2D eigenvalue weighted by Crippen LogP contribution is -2.47. The number of piperazine rings is 1. The Labute approximate surface area is 294 Å². The van der Waals surface area contributed by atoms with Gasteiger partial charge < -0.3 is 10.2 Å². The molecule has 0 radical (unpaired) electrons. The van der Waals surface area contributed by atoms with Crippen molar-refractivity contribution in [3.8, 4) is 21.8 Å². The highest BCUT2D eigenvalue weighted by Crippen LogP contribution is 2.38. The van der Waals surface area contributed by atoms with Crippen LogP contribution < -0.4 is 14.9 Å². The molecule has 1 aliphatic rings. The number of sulfone groups is 1. The number of halogens is 2. The Hall–Kier alpha value is -4.51. The molecule has 1 saturated heterocycles. The number of rotatable bonds is 12. The number of hydrogen-bond donors (Lipinski definition) is 2. The van der Waals surface area contributed by atoms with Gasteiger partial charge in [0.2, 0.25) is 5.95 Å². The molecule has 2 aromatic heterocycles. The molecular weight excluding hydrogens is 705 g/mol. The molecule has 0 atom stereocenters. The van der Waals surface area contributed by atoms with Gasteiger partial charge in [0.1, 0.15) is 21.5 Å². The summed E-state index contributed by atoms with van der Waals surface area (Å²) in [6.45, 7) is 4.84. The van der Waals surface area contributed by atoms with Gasteiger partial charge in [0.15, 0.2) is 0 Å². The summed E-state index contributed by atoms with van der Waals surface area (Å²) in [5, 5.41) is 3.87. The van der Waals surface area contributed by atoms with Crippen LogP contribution in [0.1, 0.15) is 11.9 Å². The number of thiazole rings is 1. The standard InChI is InChI=1S/C34H35F2N7O4S3/c1-3-31-40-32(23-9-11-26(35)29(21-23)41-50(46,47)25-7-5-4-6-8-25)33(48-31)28-13-14-37-34(39-28)38-24-10-12-30(27(36)22-24)43-17-15-42(16-18-43)19-20-49(2,44)45/h4-14,21-22,41H,3,15-20H2,1-2H3,(H,37,38,39). The van der Waals surface area contributed by atoms with Gasteiger partial charge in [-0.05, 0) is 61.0 Å². The molecule has 5 aromatic rings. The van der Waals surface area contributed by atoms with E-state index in [0.29, 0.717) is 72.3 Å². The van der Waals surface area contributed by atoms with E-state index in [-0.39, 0.29) is 22.3 Å². The number of nitrogens with one attached hydrogen (secondary N) is 2. The summed E-state index contributed by atoms with van der Waals surface area (Å²) < 4.78 is 81.5. The second-order valence-corrected chi connectivity index (χ2v) is 16.8. The Balaban J connectivity index is 1.20. The van der Waals surface area contributed by atoms with Crippen LogP contribution in [0, 0.1) is 11.6 Å². The molecule has 16 heteroatoms. The van der Waals surface area contributed by atoms with Crippen molar-refractivity contribution in [2.75, 3.05) is 59.7 Å². The zero-order chi connectivity index (χ0) is 35.5. The number of sulfonamides is 1. The van der Waals surface area contributed by atoms with Crippen LogP contribution in [0.15, 0.2) is 83.9 Å². The summed E-state index contributed by atoms with van der Waals surface area (Å²) in [6, 6.07) is 18.4. The van der Waals surface area contributed by atoms with E-state index < -0.39 is 31.5 Å². The maximum absolute atomic E-state index is 15.3. The van der Waals surface area contributed by atoms with Gasteiger partial charge in [-0.1, -0.05) is 25.1 Å². The Morgan fingerprint density at radius 1 is 0.880 bits per heavy atom. The van der Waals surface area contributed by atoms with Crippen LogP contribution in [0.3, 0.4) is 0 Å². The maximum Gasteiger partial charge on any atom is 0.261 e. The lowest BCUT2D eigenvalue weighted by Gasteiger charge is -2.36. The number of anilines is 4. The number of hydrogen-bond acceptors (Lipinski definition) is 11. The Morgan fingerprint density at radius 3 is 2.34 bits per heavy atom. The van der Waals surface area contributed by atoms with Crippen molar-refractivity contribution in [1.29, 1.82) is 0 Å². The van der Waals surface area contributed by atoms with Crippen molar-refractivity contribution in [3.05, 3.63) is 95.6 Å². The van der Waals surface area contributed by atoms with Crippen LogP contribution >= 0.6 is 11.3 Å². The summed E-state index contributed by atoms with van der Waals surface area (Å²) >= 11 is 1.41. The number of benzene rings is 3. The maximum atomic E-state index is 15.3. The van der Waals surface area contributed by atoms with E-state index in [1.165, 1.54) is 54.0 Å². The van der Waals surface area contributed by atoms with E-state index in [0.717, 1.165) is 5.01 Å². The summed E-state index contributed by atoms with van der Waals surface area (Å²) in [4.78, 5) is 18.4. The second-order valence-electron chi connectivity index (χ2n) is 11.8. The van der Waals surface area contributed by atoms with Crippen molar-refractivity contribution in [2.24, 2.45) is 0 Å². The third-order valence-electron chi connectivity index (χ3n) is 8.09. The highest BCUT2D eigenvalue weighted by atomic mass is 32.2. The molecule has 0 spiro atoms. The number of aromatic nitrogens is 3. The Kier molecular flexibility index (Phi) is 10.4. The summed E-state index contributed by atoms with van der Waals surface area (Å²) in [6.07, 6.45) is 3.42. The predicted molar refractivity (Wildman–Crippen MR) is 193 cm³/mol. The molecule has 1 fully saturated rings. The van der Waals surface area contributed by atoms with Crippen LogP contribution in [0.4, 0.5) is 31.8 Å². The minimum absolute atomic E-state index is 0.00443. The molecule has 3 aromatic carbocycles. The van der Waals surface area contributed by atoms with Gasteiger partial charge in [0.05, 0.1) is 43.3 Å². The Morgan fingerprint density at radius 2 is 1.64 bits per heavy atom. The van der Waals surface area contributed by atoms with Crippen LogP contribution in [0.2, 0.25) is 0 Å². The first kappa shape index (κ1) is 35.3. The van der Waals surface area contributed by atoms with E-state index in [1.807, 2.05) is 11.8 Å². The summed E-state index contributed by atoms with van der Waals surface area (Å²) in [5.41, 5.74) is 2.21. The lowest BCUT2D eigenvalue weighted by molar-refractivity contribution is 0.271. The topological polar surface area (TPSA) is 137 Å². The molecule has 262 valence electrons. The van der Waals surface area contributed by atoms with E-state index in [9.17, 15) is 21.2 Å². The van der Waals surface area contributed by atoms with Gasteiger partial charge in [-0.2, -0.15) is 0 Å². The molecule has 2 N–H and O–H groups in total. The quantitative estimate of drug-likeness (QED) is 0.161. The van der Waals surface area contributed by atoms with Crippen LogP contribution in [0.5, 0.6) is 0 Å². The number of nitrogens with zero attached hydrogens (tertiary/aromatic N) is 5. The van der Waals surface area contributed by atoms with E-state index in [1.54, 1.807) is 42.6 Å². The fourth-order valence-electron chi connectivity index (χ4n) is 5.46. The normalized spacial score (nSPS) is 14.1. The summed E-state index contributed by atoms with van der Waals surface area (Å²) in [7, 11) is -7.08. The predicted octanol–water partition coefficient (Wildman–Crippen LogP) is 5.82. The molecule has 0 bridgehead atoms. The fourth-order valence-corrected chi connectivity index (χ4v) is 8.13. The zero-order valence-electron chi connectivity index (χ0n) is 27.3. The van der Waals surface area contributed by atoms with Gasteiger partial charge in [-0.15, -0.1) is 11.3 Å². The third kappa shape index (κ3) is 8.43. The van der Waals surface area contributed by atoms with Gasteiger partial charge in [0.25, 0.3) is 10.0 Å². The van der Waals surface area contributed by atoms with Gasteiger partial charge >= 0.3 is 0 Å². The summed E-state index contributed by atoms with van der Waals surface area (Å²) in [5.74, 6) is -0.828. The molecule has 1 aliphatic heterocycles.